The molecule has 5 rings (SSSR count). The van der Waals surface area contributed by atoms with Gasteiger partial charge in [0, 0.05) is 24.0 Å². The van der Waals surface area contributed by atoms with Crippen LogP contribution in [0.5, 0.6) is 0 Å². The third kappa shape index (κ3) is 3.74. The second-order valence-corrected chi connectivity index (χ2v) is 8.42. The summed E-state index contributed by atoms with van der Waals surface area (Å²) in [5.41, 5.74) is 0.746. The van der Waals surface area contributed by atoms with Crippen LogP contribution >= 0.6 is 11.3 Å². The fourth-order valence-corrected chi connectivity index (χ4v) is 4.80. The van der Waals surface area contributed by atoms with Crippen LogP contribution in [-0.2, 0) is 20.7 Å². The van der Waals surface area contributed by atoms with Crippen molar-refractivity contribution in [2.24, 2.45) is 5.92 Å². The van der Waals surface area contributed by atoms with Crippen molar-refractivity contribution in [3.63, 3.8) is 0 Å². The average Bonchev–Trinajstić information content (AvgIpc) is 3.44. The van der Waals surface area contributed by atoms with Gasteiger partial charge in [0.15, 0.2) is 10.9 Å². The number of fused-ring (bicyclic) bond motifs is 1. The van der Waals surface area contributed by atoms with Crippen molar-refractivity contribution in [1.82, 2.24) is 29.7 Å². The number of thiazole rings is 1. The highest BCUT2D eigenvalue weighted by molar-refractivity contribution is 7.16. The number of nitrogens with one attached hydrogen (secondary N) is 1. The molecule has 31 heavy (non-hydrogen) atoms. The minimum Gasteiger partial charge on any atom is -0.465 e. The molecule has 0 saturated carbocycles. The molecule has 4 heterocycles. The zero-order valence-electron chi connectivity index (χ0n) is 16.8. The maximum atomic E-state index is 12.7. The number of amides is 1. The third-order valence-electron chi connectivity index (χ3n) is 5.39. The van der Waals surface area contributed by atoms with Crippen molar-refractivity contribution in [3.8, 4) is 5.82 Å². The molecular formula is C19H20N8O3S. The smallest absolute Gasteiger partial charge is 0.315 e. The molecule has 1 amide bonds. The molecule has 0 aromatic carbocycles. The van der Waals surface area contributed by atoms with Gasteiger partial charge in [-0.05, 0) is 19.8 Å². The van der Waals surface area contributed by atoms with Gasteiger partial charge in [-0.3, -0.25) is 9.59 Å². The number of anilines is 2. The van der Waals surface area contributed by atoms with E-state index in [1.807, 2.05) is 11.0 Å². The molecule has 2 aliphatic rings. The Kier molecular flexibility index (Phi) is 5.06. The molecule has 1 N–H and O–H groups in total. The van der Waals surface area contributed by atoms with Crippen LogP contribution in [0.2, 0.25) is 0 Å². The fourth-order valence-electron chi connectivity index (χ4n) is 3.75. The van der Waals surface area contributed by atoms with Crippen LogP contribution in [0, 0.1) is 5.92 Å². The van der Waals surface area contributed by atoms with Crippen LogP contribution in [0.15, 0.2) is 25.0 Å². The number of carbonyl (C=O) groups is 2. The Morgan fingerprint density at radius 2 is 2.10 bits per heavy atom. The topological polar surface area (TPSA) is 128 Å². The number of rotatable bonds is 6. The highest BCUT2D eigenvalue weighted by Crippen LogP contribution is 2.39. The first kappa shape index (κ1) is 19.5. The molecule has 12 heteroatoms. The summed E-state index contributed by atoms with van der Waals surface area (Å²) in [6.07, 6.45) is 5.97. The fraction of sp³-hybridized carbons (Fsp3) is 0.421. The first-order chi connectivity index (χ1) is 15.1. The average molecular weight is 440 g/mol. The van der Waals surface area contributed by atoms with Crippen LogP contribution in [0.4, 0.5) is 10.9 Å². The van der Waals surface area contributed by atoms with Crippen molar-refractivity contribution < 1.29 is 14.3 Å². The number of nitrogens with zero attached hydrogens (tertiary/aromatic N) is 7. The van der Waals surface area contributed by atoms with Gasteiger partial charge in [-0.15, -0.1) is 11.3 Å². The van der Waals surface area contributed by atoms with E-state index in [0.717, 1.165) is 22.8 Å². The highest BCUT2D eigenvalue weighted by atomic mass is 32.1. The summed E-state index contributed by atoms with van der Waals surface area (Å²) in [5.74, 6) is 0.535. The van der Waals surface area contributed by atoms with Crippen molar-refractivity contribution in [2.75, 3.05) is 29.9 Å². The number of ether oxygens (including phenoxy) is 1. The SMILES string of the molecule is CCOC(=O)[C@@H]1CCc2sc(NC(=O)C3CN(c4cc(-n5cncn5)ncn4)C3)nc21. The summed E-state index contributed by atoms with van der Waals surface area (Å²) >= 11 is 1.44. The van der Waals surface area contributed by atoms with E-state index in [-0.39, 0.29) is 23.7 Å². The number of aromatic nitrogens is 6. The minimum atomic E-state index is -0.326. The van der Waals surface area contributed by atoms with Gasteiger partial charge in [0.25, 0.3) is 0 Å². The van der Waals surface area contributed by atoms with Gasteiger partial charge in [-0.1, -0.05) is 0 Å². The van der Waals surface area contributed by atoms with Crippen molar-refractivity contribution >= 4 is 34.2 Å². The van der Waals surface area contributed by atoms with E-state index in [9.17, 15) is 9.59 Å². The number of hydrogen-bond acceptors (Lipinski definition) is 10. The lowest BCUT2D eigenvalue weighted by Gasteiger charge is -2.38. The maximum absolute atomic E-state index is 12.7. The van der Waals surface area contributed by atoms with E-state index in [2.05, 4.69) is 30.4 Å². The molecule has 1 atom stereocenters. The lowest BCUT2D eigenvalue weighted by molar-refractivity contribution is -0.145. The van der Waals surface area contributed by atoms with Crippen LogP contribution in [0.1, 0.15) is 29.8 Å². The predicted octanol–water partition coefficient (Wildman–Crippen LogP) is 1.18. The number of esters is 1. The number of carbonyl (C=O) groups excluding carboxylic acids is 2. The zero-order chi connectivity index (χ0) is 21.4. The Morgan fingerprint density at radius 3 is 2.87 bits per heavy atom. The second-order valence-electron chi connectivity index (χ2n) is 7.34. The molecule has 11 nitrogen and oxygen atoms in total. The van der Waals surface area contributed by atoms with Gasteiger partial charge >= 0.3 is 5.97 Å². The van der Waals surface area contributed by atoms with E-state index >= 15 is 0 Å². The summed E-state index contributed by atoms with van der Waals surface area (Å²) < 4.78 is 6.69. The van der Waals surface area contributed by atoms with E-state index in [1.165, 1.54) is 24.0 Å². The van der Waals surface area contributed by atoms with Crippen LogP contribution < -0.4 is 10.2 Å². The Bertz CT molecular complexity index is 1110. The molecule has 0 spiro atoms. The van der Waals surface area contributed by atoms with Gasteiger partial charge in [0.05, 0.1) is 18.2 Å². The molecule has 3 aromatic rings. The van der Waals surface area contributed by atoms with E-state index in [0.29, 0.717) is 37.1 Å². The van der Waals surface area contributed by atoms with Crippen molar-refractivity contribution in [2.45, 2.75) is 25.7 Å². The molecule has 0 bridgehead atoms. The molecule has 0 radical (unpaired) electrons. The minimum absolute atomic E-state index is 0.0816. The van der Waals surface area contributed by atoms with Crippen LogP contribution in [0.25, 0.3) is 5.82 Å². The molecule has 1 saturated heterocycles. The molecule has 3 aromatic heterocycles. The van der Waals surface area contributed by atoms with Crippen molar-refractivity contribution in [1.29, 1.82) is 0 Å². The van der Waals surface area contributed by atoms with Gasteiger partial charge in [-0.2, -0.15) is 5.10 Å². The summed E-state index contributed by atoms with van der Waals surface area (Å²) in [6.45, 7) is 3.24. The number of hydrogen-bond donors (Lipinski definition) is 1. The monoisotopic (exact) mass is 440 g/mol. The Balaban J connectivity index is 1.19. The van der Waals surface area contributed by atoms with Crippen molar-refractivity contribution in [3.05, 3.63) is 35.6 Å². The second kappa shape index (κ2) is 8.02. The van der Waals surface area contributed by atoms with E-state index in [4.69, 9.17) is 4.74 Å². The van der Waals surface area contributed by atoms with E-state index < -0.39 is 0 Å². The Labute approximate surface area is 181 Å². The highest BCUT2D eigenvalue weighted by Gasteiger charge is 2.36. The number of aryl methyl sites for hydroxylation is 1. The first-order valence-corrected chi connectivity index (χ1v) is 10.8. The van der Waals surface area contributed by atoms with Gasteiger partial charge < -0.3 is 15.0 Å². The lowest BCUT2D eigenvalue weighted by Crippen LogP contribution is -2.52. The van der Waals surface area contributed by atoms with Gasteiger partial charge in [-0.25, -0.2) is 24.6 Å². The quantitative estimate of drug-likeness (QED) is 0.562. The summed E-state index contributed by atoms with van der Waals surface area (Å²) in [7, 11) is 0. The molecule has 160 valence electrons. The van der Waals surface area contributed by atoms with Gasteiger partial charge in [0.2, 0.25) is 5.91 Å². The molecule has 1 aliphatic carbocycles. The van der Waals surface area contributed by atoms with Crippen LogP contribution in [-0.4, -0.2) is 61.3 Å². The van der Waals surface area contributed by atoms with Crippen LogP contribution in [0.3, 0.4) is 0 Å². The Hall–Kier alpha value is -3.41. The summed E-state index contributed by atoms with van der Waals surface area (Å²) in [6, 6.07) is 1.81. The largest absolute Gasteiger partial charge is 0.465 e. The molecular weight excluding hydrogens is 420 g/mol. The summed E-state index contributed by atoms with van der Waals surface area (Å²) in [4.78, 5) is 44.7. The molecule has 1 fully saturated rings. The normalized spacial score (nSPS) is 17.8. The third-order valence-corrected chi connectivity index (χ3v) is 6.43. The standard InChI is InChI=1S/C19H20N8O3S/c1-2-30-18(29)12-3-4-13-16(12)24-19(31-13)25-17(28)11-6-26(7-11)14-5-15(22-9-21-14)27-10-20-8-23-27/h5,8-12H,2-4,6-7H2,1H3,(H,24,25,28)/t12-/m1/s1. The first-order valence-electron chi connectivity index (χ1n) is 10.0. The Morgan fingerprint density at radius 1 is 1.26 bits per heavy atom. The summed E-state index contributed by atoms with van der Waals surface area (Å²) in [5, 5.41) is 7.51. The lowest BCUT2D eigenvalue weighted by atomic mass is 9.99. The molecule has 0 unspecified atom stereocenters. The predicted molar refractivity (Wildman–Crippen MR) is 111 cm³/mol. The zero-order valence-corrected chi connectivity index (χ0v) is 17.6. The maximum Gasteiger partial charge on any atom is 0.315 e. The van der Waals surface area contributed by atoms with E-state index in [1.54, 1.807) is 17.9 Å². The van der Waals surface area contributed by atoms with Gasteiger partial charge in [0.1, 0.15) is 30.7 Å². The molecule has 1 aliphatic heterocycles.